The fourth-order valence-corrected chi connectivity index (χ4v) is 4.67. The predicted octanol–water partition coefficient (Wildman–Crippen LogP) is 2.74. The van der Waals surface area contributed by atoms with Crippen LogP contribution in [0.25, 0.3) is 0 Å². The number of amides is 1. The van der Waals surface area contributed by atoms with E-state index in [0.29, 0.717) is 24.4 Å². The second-order valence-corrected chi connectivity index (χ2v) is 8.84. The molecule has 7 heteroatoms. The lowest BCUT2D eigenvalue weighted by molar-refractivity contribution is 0.0323. The highest BCUT2D eigenvalue weighted by Crippen LogP contribution is 2.29. The summed E-state index contributed by atoms with van der Waals surface area (Å²) >= 11 is 0. The highest BCUT2D eigenvalue weighted by atomic mass is 32.2. The molecule has 1 unspecified atom stereocenters. The topological polar surface area (TPSA) is 89.7 Å². The van der Waals surface area contributed by atoms with E-state index in [0.717, 1.165) is 19.3 Å². The number of rotatable bonds is 6. The molecular weight excluding hydrogens is 328 g/mol. The van der Waals surface area contributed by atoms with Crippen molar-refractivity contribution in [2.45, 2.75) is 50.0 Å². The summed E-state index contributed by atoms with van der Waals surface area (Å²) in [6.07, 6.45) is 2.49. The first-order valence-corrected chi connectivity index (χ1v) is 9.68. The average molecular weight is 354 g/mol. The molecule has 1 aliphatic rings. The summed E-state index contributed by atoms with van der Waals surface area (Å²) in [6, 6.07) is 8.53. The lowest BCUT2D eigenvalue weighted by atomic mass is 9.90. The van der Waals surface area contributed by atoms with Crippen LogP contribution in [0.4, 0.5) is 4.79 Å². The molecule has 0 radical (unpaired) electrons. The van der Waals surface area contributed by atoms with E-state index >= 15 is 0 Å². The minimum Gasteiger partial charge on any atom is -0.444 e. The molecule has 1 atom stereocenters. The minimum atomic E-state index is -3.44. The van der Waals surface area contributed by atoms with Crippen LogP contribution < -0.4 is 5.73 Å². The zero-order valence-corrected chi connectivity index (χ0v) is 15.1. The van der Waals surface area contributed by atoms with E-state index in [1.807, 2.05) is 13.8 Å². The number of sulfonamides is 1. The number of nitrogens with zero attached hydrogens (tertiary/aromatic N) is 1. The summed E-state index contributed by atoms with van der Waals surface area (Å²) in [6.45, 7) is 4.69. The summed E-state index contributed by atoms with van der Waals surface area (Å²) in [7, 11) is -3.44. The van der Waals surface area contributed by atoms with Gasteiger partial charge in [-0.15, -0.1) is 0 Å². The highest BCUT2D eigenvalue weighted by molar-refractivity contribution is 7.89. The van der Waals surface area contributed by atoms with Crippen LogP contribution in [0.1, 0.15) is 39.5 Å². The fraction of sp³-hybridized carbons (Fsp3) is 0.588. The van der Waals surface area contributed by atoms with Gasteiger partial charge in [-0.05, 0) is 57.6 Å². The molecule has 2 N–H and O–H groups in total. The van der Waals surface area contributed by atoms with Crippen molar-refractivity contribution in [2.75, 3.05) is 13.1 Å². The summed E-state index contributed by atoms with van der Waals surface area (Å²) in [5.41, 5.74) is 4.45. The van der Waals surface area contributed by atoms with Gasteiger partial charge in [0.1, 0.15) is 5.60 Å². The van der Waals surface area contributed by atoms with Crippen LogP contribution in [-0.2, 0) is 14.8 Å². The molecule has 1 saturated heterocycles. The third kappa shape index (κ3) is 4.95. The van der Waals surface area contributed by atoms with Gasteiger partial charge in [0, 0.05) is 13.1 Å². The number of carbonyl (C=O) groups excluding carboxylic acids is 1. The van der Waals surface area contributed by atoms with Crippen LogP contribution in [0.15, 0.2) is 35.2 Å². The van der Waals surface area contributed by atoms with E-state index in [1.165, 1.54) is 0 Å². The van der Waals surface area contributed by atoms with Gasteiger partial charge in [0.15, 0.2) is 0 Å². The van der Waals surface area contributed by atoms with Crippen molar-refractivity contribution in [1.29, 1.82) is 0 Å². The first kappa shape index (κ1) is 18.7. The number of piperidine rings is 1. The molecule has 1 heterocycles. The molecule has 2 rings (SSSR count). The van der Waals surface area contributed by atoms with Crippen LogP contribution >= 0.6 is 0 Å². The molecule has 24 heavy (non-hydrogen) atoms. The Kier molecular flexibility index (Phi) is 5.87. The first-order chi connectivity index (χ1) is 11.2. The van der Waals surface area contributed by atoms with Gasteiger partial charge in [-0.2, -0.15) is 4.31 Å². The number of primary amides is 1. The first-order valence-electron chi connectivity index (χ1n) is 8.24. The van der Waals surface area contributed by atoms with Crippen LogP contribution in [0, 0.1) is 5.92 Å². The van der Waals surface area contributed by atoms with Gasteiger partial charge in [-0.3, -0.25) is 0 Å². The van der Waals surface area contributed by atoms with Gasteiger partial charge >= 0.3 is 6.09 Å². The SMILES string of the molecule is CC(C)(CCC1CCCN(S(=O)(=O)c2ccccc2)C1)OC(N)=O. The lowest BCUT2D eigenvalue weighted by Gasteiger charge is -2.33. The molecule has 134 valence electrons. The zero-order valence-electron chi connectivity index (χ0n) is 14.3. The van der Waals surface area contributed by atoms with Crippen molar-refractivity contribution in [3.63, 3.8) is 0 Å². The number of ether oxygens (including phenoxy) is 1. The predicted molar refractivity (Wildman–Crippen MR) is 91.9 cm³/mol. The quantitative estimate of drug-likeness (QED) is 0.850. The Labute approximate surface area is 144 Å². The maximum absolute atomic E-state index is 12.7. The number of benzene rings is 1. The number of nitrogens with two attached hydrogens (primary N) is 1. The molecule has 1 aliphatic heterocycles. The van der Waals surface area contributed by atoms with Crippen LogP contribution in [0.2, 0.25) is 0 Å². The number of hydrogen-bond donors (Lipinski definition) is 1. The normalized spacial score (nSPS) is 19.8. The molecule has 6 nitrogen and oxygen atoms in total. The molecule has 0 aromatic heterocycles. The fourth-order valence-electron chi connectivity index (χ4n) is 3.10. The maximum atomic E-state index is 12.7. The van der Waals surface area contributed by atoms with E-state index in [9.17, 15) is 13.2 Å². The third-order valence-electron chi connectivity index (χ3n) is 4.39. The van der Waals surface area contributed by atoms with Crippen LogP contribution in [0.5, 0.6) is 0 Å². The number of hydrogen-bond acceptors (Lipinski definition) is 4. The van der Waals surface area contributed by atoms with Crippen molar-refractivity contribution >= 4 is 16.1 Å². The zero-order chi connectivity index (χ0) is 17.8. The van der Waals surface area contributed by atoms with E-state index in [4.69, 9.17) is 10.5 Å². The van der Waals surface area contributed by atoms with Gasteiger partial charge in [0.2, 0.25) is 10.0 Å². The molecule has 0 aliphatic carbocycles. The smallest absolute Gasteiger partial charge is 0.405 e. The van der Waals surface area contributed by atoms with Gasteiger partial charge < -0.3 is 10.5 Å². The van der Waals surface area contributed by atoms with Crippen molar-refractivity contribution in [1.82, 2.24) is 4.31 Å². The molecular formula is C17H26N2O4S. The standard InChI is InChI=1S/C17H26N2O4S/c1-17(2,23-16(18)20)11-10-14-7-6-12-19(13-14)24(21,22)15-8-4-3-5-9-15/h3-5,8-9,14H,6-7,10-13H2,1-2H3,(H2,18,20). The minimum absolute atomic E-state index is 0.257. The molecule has 0 saturated carbocycles. The van der Waals surface area contributed by atoms with E-state index in [2.05, 4.69) is 0 Å². The second-order valence-electron chi connectivity index (χ2n) is 6.90. The number of carbonyl (C=O) groups is 1. The monoisotopic (exact) mass is 354 g/mol. The summed E-state index contributed by atoms with van der Waals surface area (Å²) < 4.78 is 32.1. The average Bonchev–Trinajstić information content (AvgIpc) is 2.53. The Hall–Kier alpha value is -1.60. The van der Waals surface area contributed by atoms with Crippen LogP contribution in [0.3, 0.4) is 0 Å². The second kappa shape index (κ2) is 7.53. The molecule has 0 spiro atoms. The molecule has 1 amide bonds. The van der Waals surface area contributed by atoms with Gasteiger partial charge in [0.05, 0.1) is 4.90 Å². The van der Waals surface area contributed by atoms with E-state index in [-0.39, 0.29) is 5.92 Å². The third-order valence-corrected chi connectivity index (χ3v) is 6.27. The Morgan fingerprint density at radius 3 is 2.62 bits per heavy atom. The van der Waals surface area contributed by atoms with Crippen LogP contribution in [-0.4, -0.2) is 37.5 Å². The lowest BCUT2D eigenvalue weighted by Crippen LogP contribution is -2.40. The maximum Gasteiger partial charge on any atom is 0.405 e. The molecule has 1 aromatic rings. The van der Waals surface area contributed by atoms with E-state index in [1.54, 1.807) is 34.6 Å². The molecule has 1 aromatic carbocycles. The Balaban J connectivity index is 1.98. The van der Waals surface area contributed by atoms with Crippen molar-refractivity contribution in [2.24, 2.45) is 11.7 Å². The molecule has 1 fully saturated rings. The Bertz CT molecular complexity index is 658. The largest absolute Gasteiger partial charge is 0.444 e. The highest BCUT2D eigenvalue weighted by Gasteiger charge is 2.31. The summed E-state index contributed by atoms with van der Waals surface area (Å²) in [5.74, 6) is 0.257. The summed E-state index contributed by atoms with van der Waals surface area (Å²) in [5, 5.41) is 0. The Morgan fingerprint density at radius 2 is 2.00 bits per heavy atom. The summed E-state index contributed by atoms with van der Waals surface area (Å²) in [4.78, 5) is 11.3. The van der Waals surface area contributed by atoms with Crippen molar-refractivity contribution in [3.8, 4) is 0 Å². The van der Waals surface area contributed by atoms with Crippen molar-refractivity contribution < 1.29 is 17.9 Å². The Morgan fingerprint density at radius 1 is 1.33 bits per heavy atom. The van der Waals surface area contributed by atoms with Gasteiger partial charge in [0.25, 0.3) is 0 Å². The van der Waals surface area contributed by atoms with E-state index < -0.39 is 21.7 Å². The van der Waals surface area contributed by atoms with Gasteiger partial charge in [-0.1, -0.05) is 18.2 Å². The molecule has 0 bridgehead atoms. The van der Waals surface area contributed by atoms with Crippen molar-refractivity contribution in [3.05, 3.63) is 30.3 Å². The van der Waals surface area contributed by atoms with Gasteiger partial charge in [-0.25, -0.2) is 13.2 Å².